The van der Waals surface area contributed by atoms with E-state index in [0.29, 0.717) is 0 Å². The van der Waals surface area contributed by atoms with Crippen molar-refractivity contribution in [2.45, 2.75) is 116 Å². The molecule has 0 fully saturated rings. The first-order valence-corrected chi connectivity index (χ1v) is 11.0. The van der Waals surface area contributed by atoms with Gasteiger partial charge in [-0.15, -0.1) is 0 Å². The van der Waals surface area contributed by atoms with Crippen LogP contribution in [0.5, 0.6) is 0 Å². The Morgan fingerprint density at radius 3 is 1.73 bits per heavy atom. The van der Waals surface area contributed by atoms with Crippen LogP contribution in [0.15, 0.2) is 0 Å². The Morgan fingerprint density at radius 2 is 1.19 bits per heavy atom. The van der Waals surface area contributed by atoms with Gasteiger partial charge < -0.3 is 10.2 Å². The maximum absolute atomic E-state index is 9.68. The SMILES string of the molecule is CCCCCCCC[C@H](C)CCCCCCCC[C@@H](O)C#CC#CCO. The highest BCUT2D eigenvalue weighted by Crippen LogP contribution is 2.18. The molecule has 0 saturated heterocycles. The van der Waals surface area contributed by atoms with E-state index in [1.54, 1.807) is 0 Å². The molecule has 0 rings (SSSR count). The molecule has 0 aliphatic heterocycles. The zero-order chi connectivity index (χ0) is 19.3. The first-order valence-electron chi connectivity index (χ1n) is 11.0. The standard InChI is InChI=1S/C24H42O2/c1-3-4-5-6-9-13-18-23(2)19-14-10-7-8-11-15-20-24(26)21-16-12-17-22-25/h23-26H,3-11,13-15,18-20,22H2,1-2H3/t23-,24+/m0/s1. The molecule has 2 heteroatoms. The van der Waals surface area contributed by atoms with E-state index in [2.05, 4.69) is 37.5 Å². The largest absolute Gasteiger partial charge is 0.384 e. The monoisotopic (exact) mass is 362 g/mol. The molecule has 0 radical (unpaired) electrons. The van der Waals surface area contributed by atoms with Crippen molar-refractivity contribution in [3.05, 3.63) is 0 Å². The van der Waals surface area contributed by atoms with E-state index in [1.807, 2.05) is 0 Å². The van der Waals surface area contributed by atoms with Gasteiger partial charge in [-0.25, -0.2) is 0 Å². The second-order valence-electron chi connectivity index (χ2n) is 7.61. The van der Waals surface area contributed by atoms with Crippen molar-refractivity contribution in [3.63, 3.8) is 0 Å². The minimum absolute atomic E-state index is 0.178. The van der Waals surface area contributed by atoms with Crippen molar-refractivity contribution >= 4 is 0 Å². The Kier molecular flexibility index (Phi) is 19.6. The quantitative estimate of drug-likeness (QED) is 0.267. The fourth-order valence-corrected chi connectivity index (χ4v) is 3.23. The molecule has 150 valence electrons. The number of unbranched alkanes of at least 4 members (excludes halogenated alkanes) is 10. The first-order chi connectivity index (χ1) is 12.7. The molecular weight excluding hydrogens is 320 g/mol. The summed E-state index contributed by atoms with van der Waals surface area (Å²) in [6.07, 6.45) is 18.9. The van der Waals surface area contributed by atoms with Crippen LogP contribution >= 0.6 is 0 Å². The van der Waals surface area contributed by atoms with Gasteiger partial charge in [0.25, 0.3) is 0 Å². The third-order valence-electron chi connectivity index (χ3n) is 4.94. The summed E-state index contributed by atoms with van der Waals surface area (Å²) >= 11 is 0. The molecule has 0 aromatic carbocycles. The fourth-order valence-electron chi connectivity index (χ4n) is 3.23. The van der Waals surface area contributed by atoms with E-state index in [1.165, 1.54) is 83.5 Å². The van der Waals surface area contributed by atoms with Crippen LogP contribution in [0.25, 0.3) is 0 Å². The highest BCUT2D eigenvalue weighted by atomic mass is 16.3. The molecule has 0 unspecified atom stereocenters. The van der Waals surface area contributed by atoms with Crippen molar-refractivity contribution in [3.8, 4) is 23.7 Å². The molecule has 2 nitrogen and oxygen atoms in total. The topological polar surface area (TPSA) is 40.5 Å². The first kappa shape index (κ1) is 25.0. The maximum atomic E-state index is 9.68. The van der Waals surface area contributed by atoms with Crippen LogP contribution in [0.4, 0.5) is 0 Å². The third-order valence-corrected chi connectivity index (χ3v) is 4.94. The lowest BCUT2D eigenvalue weighted by Crippen LogP contribution is -2.02. The van der Waals surface area contributed by atoms with Gasteiger partial charge in [-0.2, -0.15) is 0 Å². The Morgan fingerprint density at radius 1 is 0.692 bits per heavy atom. The van der Waals surface area contributed by atoms with E-state index >= 15 is 0 Å². The van der Waals surface area contributed by atoms with Gasteiger partial charge in [0.2, 0.25) is 0 Å². The van der Waals surface area contributed by atoms with Gasteiger partial charge in [0.15, 0.2) is 0 Å². The van der Waals surface area contributed by atoms with Crippen molar-refractivity contribution in [2.75, 3.05) is 6.61 Å². The molecule has 0 bridgehead atoms. The Labute approximate surface area is 163 Å². The minimum atomic E-state index is -0.578. The lowest BCUT2D eigenvalue weighted by Gasteiger charge is -2.11. The molecule has 2 atom stereocenters. The number of hydrogen-bond acceptors (Lipinski definition) is 2. The summed E-state index contributed by atoms with van der Waals surface area (Å²) in [4.78, 5) is 0. The van der Waals surface area contributed by atoms with E-state index < -0.39 is 6.10 Å². The van der Waals surface area contributed by atoms with Gasteiger partial charge in [0, 0.05) is 0 Å². The molecule has 0 saturated carbocycles. The molecule has 26 heavy (non-hydrogen) atoms. The fraction of sp³-hybridized carbons (Fsp3) is 0.833. The highest BCUT2D eigenvalue weighted by molar-refractivity contribution is 5.27. The zero-order valence-electron chi connectivity index (χ0n) is 17.4. The van der Waals surface area contributed by atoms with Crippen molar-refractivity contribution in [1.82, 2.24) is 0 Å². The summed E-state index contributed by atoms with van der Waals surface area (Å²) in [6.45, 7) is 4.51. The van der Waals surface area contributed by atoms with Gasteiger partial charge in [0.1, 0.15) is 12.7 Å². The van der Waals surface area contributed by atoms with Crippen LogP contribution in [0.1, 0.15) is 110 Å². The average Bonchev–Trinajstić information content (AvgIpc) is 2.64. The summed E-state index contributed by atoms with van der Waals surface area (Å²) in [5.41, 5.74) is 0. The van der Waals surface area contributed by atoms with Gasteiger partial charge >= 0.3 is 0 Å². The summed E-state index contributed by atoms with van der Waals surface area (Å²) in [5, 5.41) is 18.2. The molecule has 0 aliphatic rings. The second kappa shape index (κ2) is 20.4. The smallest absolute Gasteiger partial charge is 0.115 e. The number of aliphatic hydroxyl groups is 2. The van der Waals surface area contributed by atoms with Crippen molar-refractivity contribution < 1.29 is 10.2 Å². The summed E-state index contributed by atoms with van der Waals surface area (Å²) < 4.78 is 0. The summed E-state index contributed by atoms with van der Waals surface area (Å²) in [7, 11) is 0. The Balaban J connectivity index is 3.35. The molecule has 0 aliphatic carbocycles. The van der Waals surface area contributed by atoms with Gasteiger partial charge in [-0.05, 0) is 30.6 Å². The molecule has 0 aromatic heterocycles. The predicted molar refractivity (Wildman–Crippen MR) is 113 cm³/mol. The van der Waals surface area contributed by atoms with Crippen LogP contribution in [-0.4, -0.2) is 22.9 Å². The van der Waals surface area contributed by atoms with E-state index in [9.17, 15) is 5.11 Å². The van der Waals surface area contributed by atoms with Crippen molar-refractivity contribution in [1.29, 1.82) is 0 Å². The zero-order valence-corrected chi connectivity index (χ0v) is 17.4. The summed E-state index contributed by atoms with van der Waals surface area (Å²) in [5.74, 6) is 11.1. The van der Waals surface area contributed by atoms with Crippen molar-refractivity contribution in [2.24, 2.45) is 5.92 Å². The molecule has 0 heterocycles. The van der Waals surface area contributed by atoms with Gasteiger partial charge in [-0.3, -0.25) is 0 Å². The average molecular weight is 363 g/mol. The highest BCUT2D eigenvalue weighted by Gasteiger charge is 2.02. The molecule has 0 aromatic rings. The number of aliphatic hydroxyl groups excluding tert-OH is 2. The van der Waals surface area contributed by atoms with Crippen LogP contribution in [0.3, 0.4) is 0 Å². The molecule has 0 amide bonds. The lowest BCUT2D eigenvalue weighted by molar-refractivity contribution is 0.217. The van der Waals surface area contributed by atoms with Gasteiger partial charge in [0.05, 0.1) is 0 Å². The normalized spacial score (nSPS) is 12.6. The van der Waals surface area contributed by atoms with Crippen LogP contribution in [0.2, 0.25) is 0 Å². The van der Waals surface area contributed by atoms with E-state index in [4.69, 9.17) is 5.11 Å². The Bertz CT molecular complexity index is 407. The number of rotatable bonds is 16. The minimum Gasteiger partial charge on any atom is -0.384 e. The molecular formula is C24H42O2. The second-order valence-corrected chi connectivity index (χ2v) is 7.61. The van der Waals surface area contributed by atoms with Crippen LogP contribution in [0, 0.1) is 29.6 Å². The summed E-state index contributed by atoms with van der Waals surface area (Å²) in [6, 6.07) is 0. The van der Waals surface area contributed by atoms with Crippen LogP contribution < -0.4 is 0 Å². The van der Waals surface area contributed by atoms with E-state index in [-0.39, 0.29) is 6.61 Å². The predicted octanol–water partition coefficient (Wildman–Crippen LogP) is 5.85. The van der Waals surface area contributed by atoms with Gasteiger partial charge in [-0.1, -0.05) is 109 Å². The number of hydrogen-bond donors (Lipinski definition) is 2. The third kappa shape index (κ3) is 19.4. The molecule has 2 N–H and O–H groups in total. The lowest BCUT2D eigenvalue weighted by atomic mass is 9.96. The maximum Gasteiger partial charge on any atom is 0.115 e. The van der Waals surface area contributed by atoms with Crippen LogP contribution in [-0.2, 0) is 0 Å². The van der Waals surface area contributed by atoms with E-state index in [0.717, 1.165) is 18.8 Å². The molecule has 0 spiro atoms. The Hall–Kier alpha value is -0.960.